The van der Waals surface area contributed by atoms with E-state index in [0.29, 0.717) is 0 Å². The largest absolute Gasteiger partial charge is 0.351 e. The summed E-state index contributed by atoms with van der Waals surface area (Å²) in [5, 5.41) is 40.6. The van der Waals surface area contributed by atoms with E-state index in [1.54, 1.807) is 0 Å². The second-order valence-electron chi connectivity index (χ2n) is 3.76. The first-order chi connectivity index (χ1) is 11.7. The molecular formula is C7H3N11O7. The molecular weight excluding hydrogens is 350 g/mol. The lowest BCUT2D eigenvalue weighted by molar-refractivity contribution is -0.399. The van der Waals surface area contributed by atoms with Crippen LogP contribution in [0.4, 0.5) is 38.9 Å². The summed E-state index contributed by atoms with van der Waals surface area (Å²) >= 11 is 0. The summed E-state index contributed by atoms with van der Waals surface area (Å²) in [7, 11) is 0. The average Bonchev–Trinajstić information content (AvgIpc) is 2.45. The molecule has 2 amide bonds. The fourth-order valence-electron chi connectivity index (χ4n) is 1.73. The SMILES string of the molecule is [N-]=[N+]=Nc1c([N+](=O)[O-])c(N=[N+]=[N-])c([N+](=O)[O-])c(NC(N)=O)c1[N+](=O)[O-]. The van der Waals surface area contributed by atoms with Crippen molar-refractivity contribution in [2.24, 2.45) is 16.0 Å². The van der Waals surface area contributed by atoms with Gasteiger partial charge in [0.2, 0.25) is 5.69 Å². The number of primary amides is 1. The summed E-state index contributed by atoms with van der Waals surface area (Å²) in [6, 6.07) is -1.51. The third kappa shape index (κ3) is 3.39. The van der Waals surface area contributed by atoms with E-state index < -0.39 is 54.9 Å². The smallest absolute Gasteiger partial charge is 0.317 e. The maximum Gasteiger partial charge on any atom is 0.317 e. The number of nitrogens with zero attached hydrogens (tertiary/aromatic N) is 9. The van der Waals surface area contributed by atoms with Crippen molar-refractivity contribution in [3.05, 3.63) is 51.2 Å². The van der Waals surface area contributed by atoms with Gasteiger partial charge in [-0.15, -0.1) is 0 Å². The highest BCUT2D eigenvalue weighted by Crippen LogP contribution is 2.55. The van der Waals surface area contributed by atoms with Crippen molar-refractivity contribution in [3.63, 3.8) is 0 Å². The van der Waals surface area contributed by atoms with Crippen molar-refractivity contribution in [3.8, 4) is 0 Å². The molecule has 128 valence electrons. The number of carbonyl (C=O) groups is 1. The van der Waals surface area contributed by atoms with Crippen LogP contribution in [0, 0.1) is 30.3 Å². The maximum absolute atomic E-state index is 11.2. The van der Waals surface area contributed by atoms with Crippen LogP contribution in [-0.4, -0.2) is 20.8 Å². The molecule has 0 spiro atoms. The van der Waals surface area contributed by atoms with E-state index in [9.17, 15) is 35.1 Å². The second-order valence-corrected chi connectivity index (χ2v) is 3.76. The van der Waals surface area contributed by atoms with Gasteiger partial charge >= 0.3 is 23.1 Å². The predicted molar refractivity (Wildman–Crippen MR) is 77.2 cm³/mol. The maximum atomic E-state index is 11.2. The van der Waals surface area contributed by atoms with Crippen LogP contribution < -0.4 is 11.1 Å². The molecule has 0 saturated carbocycles. The van der Waals surface area contributed by atoms with E-state index in [1.807, 2.05) is 0 Å². The summed E-state index contributed by atoms with van der Waals surface area (Å²) in [4.78, 5) is 44.7. The molecule has 0 radical (unpaired) electrons. The van der Waals surface area contributed by atoms with Gasteiger partial charge in [0.1, 0.15) is 0 Å². The second kappa shape index (κ2) is 7.05. The van der Waals surface area contributed by atoms with Gasteiger partial charge in [0, 0.05) is 9.82 Å². The fourth-order valence-corrected chi connectivity index (χ4v) is 1.73. The van der Waals surface area contributed by atoms with Gasteiger partial charge in [0.25, 0.3) is 0 Å². The average molecular weight is 353 g/mol. The third-order valence-corrected chi connectivity index (χ3v) is 2.46. The summed E-state index contributed by atoms with van der Waals surface area (Å²) in [6.45, 7) is 0. The molecule has 1 aromatic rings. The molecule has 25 heavy (non-hydrogen) atoms. The molecule has 0 bridgehead atoms. The van der Waals surface area contributed by atoms with Gasteiger partial charge in [-0.3, -0.25) is 35.7 Å². The van der Waals surface area contributed by atoms with Gasteiger partial charge < -0.3 is 5.73 Å². The zero-order valence-corrected chi connectivity index (χ0v) is 11.5. The van der Waals surface area contributed by atoms with Crippen molar-refractivity contribution in [2.45, 2.75) is 0 Å². The number of nitrogens with one attached hydrogen (secondary N) is 1. The number of hydrogen-bond acceptors (Lipinski definition) is 9. The summed E-state index contributed by atoms with van der Waals surface area (Å²) < 4.78 is 0. The Balaban J connectivity index is 4.39. The minimum absolute atomic E-state index is 1.25. The number of azide groups is 2. The third-order valence-electron chi connectivity index (χ3n) is 2.46. The van der Waals surface area contributed by atoms with Crippen LogP contribution in [0.15, 0.2) is 10.2 Å². The topological polar surface area (TPSA) is 282 Å². The van der Waals surface area contributed by atoms with Crippen LogP contribution in [0.1, 0.15) is 0 Å². The highest BCUT2D eigenvalue weighted by molar-refractivity contribution is 6.03. The summed E-state index contributed by atoms with van der Waals surface area (Å²) in [5.74, 6) is 0. The van der Waals surface area contributed by atoms with E-state index in [4.69, 9.17) is 16.8 Å². The number of amides is 2. The summed E-state index contributed by atoms with van der Waals surface area (Å²) in [5.41, 5.74) is 13.4. The highest BCUT2D eigenvalue weighted by atomic mass is 16.6. The number of rotatable bonds is 6. The van der Waals surface area contributed by atoms with Crippen molar-refractivity contribution >= 4 is 40.2 Å². The van der Waals surface area contributed by atoms with E-state index in [-0.39, 0.29) is 0 Å². The predicted octanol–water partition coefficient (Wildman–Crippen LogP) is 2.79. The fraction of sp³-hybridized carbons (Fsp3) is 0. The van der Waals surface area contributed by atoms with Crippen LogP contribution in [0.2, 0.25) is 0 Å². The van der Waals surface area contributed by atoms with Crippen molar-refractivity contribution in [1.29, 1.82) is 0 Å². The molecule has 1 aromatic carbocycles. The van der Waals surface area contributed by atoms with E-state index in [0.717, 1.165) is 0 Å². The molecule has 18 nitrogen and oxygen atoms in total. The Kier molecular flexibility index (Phi) is 5.17. The molecule has 0 heterocycles. The van der Waals surface area contributed by atoms with Crippen LogP contribution in [0.3, 0.4) is 0 Å². The molecule has 18 heteroatoms. The van der Waals surface area contributed by atoms with E-state index >= 15 is 0 Å². The van der Waals surface area contributed by atoms with Crippen LogP contribution >= 0.6 is 0 Å². The molecule has 0 aromatic heterocycles. The Bertz CT molecular complexity index is 853. The van der Waals surface area contributed by atoms with Crippen molar-refractivity contribution in [2.75, 3.05) is 5.32 Å². The molecule has 0 aliphatic rings. The molecule has 0 aliphatic carbocycles. The highest BCUT2D eigenvalue weighted by Gasteiger charge is 2.42. The first-order valence-electron chi connectivity index (χ1n) is 5.51. The van der Waals surface area contributed by atoms with Gasteiger partial charge in [-0.25, -0.2) is 4.79 Å². The Morgan fingerprint density at radius 1 is 0.920 bits per heavy atom. The normalized spacial score (nSPS) is 9.28. The Hall–Kier alpha value is -4.69. The van der Waals surface area contributed by atoms with Gasteiger partial charge in [-0.05, 0) is 21.3 Å². The molecule has 0 atom stereocenters. The van der Waals surface area contributed by atoms with Gasteiger partial charge in [-0.2, -0.15) is 0 Å². The lowest BCUT2D eigenvalue weighted by Crippen LogP contribution is -2.21. The quantitative estimate of drug-likeness (QED) is 0.253. The lowest BCUT2D eigenvalue weighted by atomic mass is 10.1. The number of nitro groups is 3. The Labute approximate surface area is 133 Å². The first kappa shape index (κ1) is 18.4. The number of anilines is 1. The van der Waals surface area contributed by atoms with Gasteiger partial charge in [0.05, 0.1) is 14.8 Å². The van der Waals surface area contributed by atoms with E-state index in [2.05, 4.69) is 20.1 Å². The van der Waals surface area contributed by atoms with E-state index in [1.165, 1.54) is 5.32 Å². The monoisotopic (exact) mass is 353 g/mol. The minimum Gasteiger partial charge on any atom is -0.351 e. The molecule has 1 rings (SSSR count). The molecule has 0 aliphatic heterocycles. The molecule has 3 N–H and O–H groups in total. The zero-order chi connectivity index (χ0) is 19.3. The number of nitro benzene ring substituents is 3. The molecule has 0 saturated heterocycles. The zero-order valence-electron chi connectivity index (χ0n) is 11.5. The number of hydrogen-bond donors (Lipinski definition) is 2. The standard InChI is InChI=1S/C7H3N11O7/c8-7(19)11-1-4(16(20)21)2(12-14-9)6(18(24)25)3(13-15-10)5(1)17(22)23/h(H3,8,11,19). The summed E-state index contributed by atoms with van der Waals surface area (Å²) in [6.07, 6.45) is 0. The van der Waals surface area contributed by atoms with Gasteiger partial charge in [-0.1, -0.05) is 0 Å². The first-order valence-corrected chi connectivity index (χ1v) is 5.51. The Morgan fingerprint density at radius 3 is 1.52 bits per heavy atom. The number of urea groups is 1. The number of carbonyl (C=O) groups excluding carboxylic acids is 1. The molecule has 0 fully saturated rings. The van der Waals surface area contributed by atoms with Crippen LogP contribution in [-0.2, 0) is 0 Å². The Morgan fingerprint density at radius 2 is 1.28 bits per heavy atom. The molecule has 0 unspecified atom stereocenters. The number of nitrogens with two attached hydrogens (primary N) is 1. The van der Waals surface area contributed by atoms with Crippen LogP contribution in [0.5, 0.6) is 0 Å². The minimum atomic E-state index is -1.51. The van der Waals surface area contributed by atoms with Crippen LogP contribution in [0.25, 0.3) is 20.9 Å². The van der Waals surface area contributed by atoms with Gasteiger partial charge in [0.15, 0.2) is 11.4 Å². The number of benzene rings is 1. The van der Waals surface area contributed by atoms with Crippen molar-refractivity contribution in [1.82, 2.24) is 0 Å². The van der Waals surface area contributed by atoms with Crippen molar-refractivity contribution < 1.29 is 19.6 Å². The lowest BCUT2D eigenvalue weighted by Gasteiger charge is -2.09.